The molecule has 0 aliphatic rings. The average molecular weight is 447 g/mol. The third-order valence-electron chi connectivity index (χ3n) is 4.92. The van der Waals surface area contributed by atoms with E-state index in [1.54, 1.807) is 52.1 Å². The molecule has 0 saturated heterocycles. The Hall–Kier alpha value is -2.96. The quantitative estimate of drug-likeness (QED) is 0.535. The van der Waals surface area contributed by atoms with Crippen LogP contribution in [0.2, 0.25) is 0 Å². The van der Waals surface area contributed by atoms with Crippen molar-refractivity contribution in [2.45, 2.75) is 51.6 Å². The number of halogens is 2. The van der Waals surface area contributed by atoms with Gasteiger partial charge in [0.15, 0.2) is 0 Å². The highest BCUT2D eigenvalue weighted by molar-refractivity contribution is 5.77. The lowest BCUT2D eigenvalue weighted by molar-refractivity contribution is -0.121. The number of amides is 2. The van der Waals surface area contributed by atoms with Crippen molar-refractivity contribution in [2.75, 3.05) is 20.1 Å². The Bertz CT molecular complexity index is 832. The normalized spacial score (nSPS) is 11.3. The molecule has 7 heteroatoms. The van der Waals surface area contributed by atoms with Crippen molar-refractivity contribution in [3.8, 4) is 0 Å². The van der Waals surface area contributed by atoms with Crippen LogP contribution < -0.4 is 5.32 Å². The molecule has 0 heterocycles. The highest BCUT2D eigenvalue weighted by Gasteiger charge is 2.20. The molecule has 2 amide bonds. The number of hydrogen-bond donors (Lipinski definition) is 1. The van der Waals surface area contributed by atoms with Gasteiger partial charge in [-0.3, -0.25) is 4.79 Å². The number of ether oxygens (including phenoxy) is 1. The number of carbonyl (C=O) groups excluding carboxylic acids is 2. The van der Waals surface area contributed by atoms with Gasteiger partial charge >= 0.3 is 6.09 Å². The second kappa shape index (κ2) is 11.6. The van der Waals surface area contributed by atoms with E-state index < -0.39 is 11.7 Å². The minimum atomic E-state index is -0.584. The fourth-order valence-electron chi connectivity index (χ4n) is 3.24. The Labute approximate surface area is 188 Å². The Morgan fingerprint density at radius 1 is 0.969 bits per heavy atom. The molecule has 0 fully saturated rings. The molecule has 5 nitrogen and oxygen atoms in total. The van der Waals surface area contributed by atoms with Crippen LogP contribution in [0.25, 0.3) is 0 Å². The third kappa shape index (κ3) is 8.65. The summed E-state index contributed by atoms with van der Waals surface area (Å²) in [5.74, 6) is -0.808. The summed E-state index contributed by atoms with van der Waals surface area (Å²) in [7, 11) is 1.59. The lowest BCUT2D eigenvalue weighted by Gasteiger charge is -2.24. The van der Waals surface area contributed by atoms with E-state index >= 15 is 0 Å². The molecule has 1 N–H and O–H groups in total. The first-order valence-corrected chi connectivity index (χ1v) is 10.8. The van der Waals surface area contributed by atoms with Crippen LogP contribution in [0.1, 0.15) is 57.1 Å². The molecule has 174 valence electrons. The number of nitrogens with zero attached hydrogens (tertiary/aromatic N) is 1. The van der Waals surface area contributed by atoms with Gasteiger partial charge in [-0.1, -0.05) is 24.3 Å². The Morgan fingerprint density at radius 3 is 1.94 bits per heavy atom. The molecule has 0 aliphatic carbocycles. The molecule has 0 saturated carbocycles. The van der Waals surface area contributed by atoms with Crippen molar-refractivity contribution < 1.29 is 23.1 Å². The molecule has 0 radical (unpaired) electrons. The van der Waals surface area contributed by atoms with Crippen LogP contribution in [0.15, 0.2) is 48.5 Å². The standard InChI is InChI=1S/C25H32F2N2O3/c1-25(2,3)32-24(31)29(4)17-15-23(30)28-16-5-6-22(18-7-11-20(26)12-8-18)19-9-13-21(27)14-10-19/h7-14,22H,5-6,15-17H2,1-4H3,(H,28,30). The van der Waals surface area contributed by atoms with E-state index in [2.05, 4.69) is 5.32 Å². The average Bonchev–Trinajstić information content (AvgIpc) is 2.72. The van der Waals surface area contributed by atoms with Gasteiger partial charge in [0, 0.05) is 32.5 Å². The number of hydrogen-bond acceptors (Lipinski definition) is 3. The largest absolute Gasteiger partial charge is 0.444 e. The molecule has 0 bridgehead atoms. The summed E-state index contributed by atoms with van der Waals surface area (Å²) in [5.41, 5.74) is 1.28. The van der Waals surface area contributed by atoms with Crippen molar-refractivity contribution in [3.05, 3.63) is 71.3 Å². The molecule has 0 unspecified atom stereocenters. The van der Waals surface area contributed by atoms with E-state index in [1.165, 1.54) is 29.2 Å². The van der Waals surface area contributed by atoms with Gasteiger partial charge in [-0.15, -0.1) is 0 Å². The first kappa shape index (κ1) is 25.3. The van der Waals surface area contributed by atoms with Gasteiger partial charge in [0.2, 0.25) is 5.91 Å². The summed E-state index contributed by atoms with van der Waals surface area (Å²) in [4.78, 5) is 25.5. The van der Waals surface area contributed by atoms with E-state index in [1.807, 2.05) is 0 Å². The maximum Gasteiger partial charge on any atom is 0.410 e. The van der Waals surface area contributed by atoms with Gasteiger partial charge in [0.05, 0.1) is 0 Å². The van der Waals surface area contributed by atoms with Crippen molar-refractivity contribution in [2.24, 2.45) is 0 Å². The van der Waals surface area contributed by atoms with Crippen LogP contribution in [0.3, 0.4) is 0 Å². The number of rotatable bonds is 9. The van der Waals surface area contributed by atoms with Gasteiger partial charge in [0.1, 0.15) is 17.2 Å². The minimum absolute atomic E-state index is 0.0357. The fraction of sp³-hybridized carbons (Fsp3) is 0.440. The van der Waals surface area contributed by atoms with Gasteiger partial charge in [-0.25, -0.2) is 13.6 Å². The van der Waals surface area contributed by atoms with Crippen LogP contribution in [-0.2, 0) is 9.53 Å². The van der Waals surface area contributed by atoms with Gasteiger partial charge in [0.25, 0.3) is 0 Å². The van der Waals surface area contributed by atoms with E-state index in [4.69, 9.17) is 4.74 Å². The van der Waals surface area contributed by atoms with Gasteiger partial charge in [-0.2, -0.15) is 0 Å². The lowest BCUT2D eigenvalue weighted by Crippen LogP contribution is -2.36. The maximum absolute atomic E-state index is 13.3. The van der Waals surface area contributed by atoms with E-state index in [9.17, 15) is 18.4 Å². The zero-order valence-electron chi connectivity index (χ0n) is 19.2. The lowest BCUT2D eigenvalue weighted by atomic mass is 9.87. The monoisotopic (exact) mass is 446 g/mol. The topological polar surface area (TPSA) is 58.6 Å². The molecule has 0 aromatic heterocycles. The highest BCUT2D eigenvalue weighted by Crippen LogP contribution is 2.29. The summed E-state index contributed by atoms with van der Waals surface area (Å²) in [5, 5.41) is 2.86. The Kier molecular flexibility index (Phi) is 9.17. The zero-order chi connectivity index (χ0) is 23.7. The molecule has 2 aromatic rings. The molecule has 0 spiro atoms. The predicted octanol–water partition coefficient (Wildman–Crippen LogP) is 5.25. The van der Waals surface area contributed by atoms with Gasteiger partial charge < -0.3 is 15.0 Å². The zero-order valence-corrected chi connectivity index (χ0v) is 19.2. The van der Waals surface area contributed by atoms with Crippen LogP contribution in [0, 0.1) is 11.6 Å². The molecular formula is C25H32F2N2O3. The van der Waals surface area contributed by atoms with Crippen molar-refractivity contribution in [1.29, 1.82) is 0 Å². The van der Waals surface area contributed by atoms with E-state index in [-0.39, 0.29) is 36.4 Å². The SMILES string of the molecule is CN(CCC(=O)NCCCC(c1ccc(F)cc1)c1ccc(F)cc1)C(=O)OC(C)(C)C. The second-order valence-corrected chi connectivity index (χ2v) is 8.80. The molecule has 2 aromatic carbocycles. The number of nitrogens with one attached hydrogen (secondary N) is 1. The van der Waals surface area contributed by atoms with Crippen LogP contribution in [0.5, 0.6) is 0 Å². The molecule has 32 heavy (non-hydrogen) atoms. The summed E-state index contributed by atoms with van der Waals surface area (Å²) >= 11 is 0. The Morgan fingerprint density at radius 2 is 1.47 bits per heavy atom. The second-order valence-electron chi connectivity index (χ2n) is 8.80. The number of carbonyl (C=O) groups is 2. The van der Waals surface area contributed by atoms with Crippen LogP contribution >= 0.6 is 0 Å². The summed E-state index contributed by atoms with van der Waals surface area (Å²) in [6.45, 7) is 6.09. The predicted molar refractivity (Wildman–Crippen MR) is 120 cm³/mol. The first-order valence-electron chi connectivity index (χ1n) is 10.8. The smallest absolute Gasteiger partial charge is 0.410 e. The Balaban J connectivity index is 1.83. The summed E-state index contributed by atoms with van der Waals surface area (Å²) < 4.78 is 31.9. The van der Waals surface area contributed by atoms with Crippen molar-refractivity contribution >= 4 is 12.0 Å². The summed E-state index contributed by atoms with van der Waals surface area (Å²) in [6, 6.07) is 12.6. The van der Waals surface area contributed by atoms with E-state index in [0.717, 1.165) is 11.1 Å². The van der Waals surface area contributed by atoms with Crippen molar-refractivity contribution in [1.82, 2.24) is 10.2 Å². The molecule has 2 rings (SSSR count). The van der Waals surface area contributed by atoms with E-state index in [0.29, 0.717) is 19.4 Å². The molecular weight excluding hydrogens is 414 g/mol. The number of benzene rings is 2. The third-order valence-corrected chi connectivity index (χ3v) is 4.92. The van der Waals surface area contributed by atoms with Crippen LogP contribution in [-0.4, -0.2) is 42.6 Å². The fourth-order valence-corrected chi connectivity index (χ4v) is 3.24. The minimum Gasteiger partial charge on any atom is -0.444 e. The molecule has 0 atom stereocenters. The summed E-state index contributed by atoms with van der Waals surface area (Å²) in [6.07, 6.45) is 1.10. The van der Waals surface area contributed by atoms with Crippen LogP contribution in [0.4, 0.5) is 13.6 Å². The van der Waals surface area contributed by atoms with Crippen molar-refractivity contribution in [3.63, 3.8) is 0 Å². The maximum atomic E-state index is 13.3. The highest BCUT2D eigenvalue weighted by atomic mass is 19.1. The first-order chi connectivity index (χ1) is 15.0. The molecule has 0 aliphatic heterocycles. The van der Waals surface area contributed by atoms with Gasteiger partial charge in [-0.05, 0) is 69.0 Å².